The molecule has 0 aromatic heterocycles. The highest BCUT2D eigenvalue weighted by Gasteiger charge is 2.27. The van der Waals surface area contributed by atoms with Gasteiger partial charge in [0.25, 0.3) is 0 Å². The standard InChI is InChI=1S/C13H12F4O3/c14-12-8-11(4-3-10(12)2-1-5-18)20-7-6-19-9-13(15,16)17/h3-4,8,18H,5-7,9H2. The average molecular weight is 292 g/mol. The molecule has 0 bridgehead atoms. The van der Waals surface area contributed by atoms with Gasteiger partial charge in [-0.3, -0.25) is 0 Å². The Kier molecular flexibility index (Phi) is 6.28. The number of benzene rings is 1. The van der Waals surface area contributed by atoms with E-state index in [9.17, 15) is 17.6 Å². The van der Waals surface area contributed by atoms with E-state index in [2.05, 4.69) is 16.6 Å². The van der Waals surface area contributed by atoms with Gasteiger partial charge in [-0.25, -0.2) is 4.39 Å². The molecular formula is C13H12F4O3. The van der Waals surface area contributed by atoms with Gasteiger partial charge in [-0.05, 0) is 12.1 Å². The maximum Gasteiger partial charge on any atom is 0.411 e. The van der Waals surface area contributed by atoms with E-state index >= 15 is 0 Å². The second-order valence-corrected chi connectivity index (χ2v) is 3.62. The molecule has 0 amide bonds. The molecule has 0 unspecified atom stereocenters. The molecule has 0 heterocycles. The minimum absolute atomic E-state index is 0.0970. The van der Waals surface area contributed by atoms with Gasteiger partial charge < -0.3 is 14.6 Å². The van der Waals surface area contributed by atoms with Crippen molar-refractivity contribution >= 4 is 0 Å². The van der Waals surface area contributed by atoms with E-state index in [1.165, 1.54) is 12.1 Å². The molecule has 1 N–H and O–H groups in total. The number of aliphatic hydroxyl groups is 1. The number of aliphatic hydroxyl groups excluding tert-OH is 1. The summed E-state index contributed by atoms with van der Waals surface area (Å²) in [6, 6.07) is 3.84. The molecule has 3 nitrogen and oxygen atoms in total. The van der Waals surface area contributed by atoms with Gasteiger partial charge in [0.2, 0.25) is 0 Å². The van der Waals surface area contributed by atoms with Crippen LogP contribution in [-0.2, 0) is 4.74 Å². The monoisotopic (exact) mass is 292 g/mol. The molecule has 0 atom stereocenters. The molecule has 0 aliphatic rings. The van der Waals surface area contributed by atoms with Crippen LogP contribution in [-0.4, -0.2) is 37.7 Å². The Hall–Kier alpha value is -1.78. The van der Waals surface area contributed by atoms with Gasteiger partial charge >= 0.3 is 6.18 Å². The normalized spacial score (nSPS) is 10.8. The summed E-state index contributed by atoms with van der Waals surface area (Å²) in [5, 5.41) is 8.48. The van der Waals surface area contributed by atoms with Crippen LogP contribution >= 0.6 is 0 Å². The lowest BCUT2D eigenvalue weighted by molar-refractivity contribution is -0.175. The molecule has 0 spiro atoms. The minimum Gasteiger partial charge on any atom is -0.491 e. The van der Waals surface area contributed by atoms with Crippen molar-refractivity contribution < 1.29 is 32.1 Å². The van der Waals surface area contributed by atoms with Crippen molar-refractivity contribution in [3.8, 4) is 17.6 Å². The van der Waals surface area contributed by atoms with Gasteiger partial charge in [0.05, 0.1) is 12.2 Å². The van der Waals surface area contributed by atoms with E-state index in [1.807, 2.05) is 0 Å². The van der Waals surface area contributed by atoms with Crippen LogP contribution in [0.1, 0.15) is 5.56 Å². The number of halogens is 4. The number of ether oxygens (including phenoxy) is 2. The molecule has 1 aromatic carbocycles. The summed E-state index contributed by atoms with van der Waals surface area (Å²) in [7, 11) is 0. The van der Waals surface area contributed by atoms with Crippen LogP contribution in [0.5, 0.6) is 5.75 Å². The largest absolute Gasteiger partial charge is 0.491 e. The molecule has 1 rings (SSSR count). The van der Waals surface area contributed by atoms with Crippen LogP contribution in [0.3, 0.4) is 0 Å². The number of hydrogen-bond donors (Lipinski definition) is 1. The number of hydrogen-bond acceptors (Lipinski definition) is 3. The van der Waals surface area contributed by atoms with Crippen molar-refractivity contribution in [1.82, 2.24) is 0 Å². The third-order valence-corrected chi connectivity index (χ3v) is 2.00. The zero-order valence-electron chi connectivity index (χ0n) is 10.3. The Morgan fingerprint density at radius 1 is 1.20 bits per heavy atom. The van der Waals surface area contributed by atoms with Crippen molar-refractivity contribution in [2.24, 2.45) is 0 Å². The zero-order valence-corrected chi connectivity index (χ0v) is 10.3. The van der Waals surface area contributed by atoms with E-state index in [0.717, 1.165) is 6.07 Å². The molecule has 7 heteroatoms. The van der Waals surface area contributed by atoms with Crippen molar-refractivity contribution in [1.29, 1.82) is 0 Å². The summed E-state index contributed by atoms with van der Waals surface area (Å²) in [6.45, 7) is -2.11. The molecule has 110 valence electrons. The van der Waals surface area contributed by atoms with E-state index < -0.39 is 18.6 Å². The Morgan fingerprint density at radius 3 is 2.55 bits per heavy atom. The summed E-state index contributed by atoms with van der Waals surface area (Å²) in [4.78, 5) is 0. The van der Waals surface area contributed by atoms with Gasteiger partial charge in [0.1, 0.15) is 31.4 Å². The molecule has 0 aliphatic heterocycles. The first-order valence-corrected chi connectivity index (χ1v) is 5.59. The minimum atomic E-state index is -4.38. The summed E-state index contributed by atoms with van der Waals surface area (Å²) < 4.78 is 58.1. The number of alkyl halides is 3. The van der Waals surface area contributed by atoms with Crippen LogP contribution in [0.4, 0.5) is 17.6 Å². The first kappa shape index (κ1) is 16.3. The molecule has 0 saturated heterocycles. The van der Waals surface area contributed by atoms with Crippen LogP contribution in [0, 0.1) is 17.7 Å². The zero-order chi connectivity index (χ0) is 15.0. The van der Waals surface area contributed by atoms with Gasteiger partial charge in [0.15, 0.2) is 0 Å². The molecule has 0 fully saturated rings. The molecule has 0 saturated carbocycles. The highest BCUT2D eigenvalue weighted by Crippen LogP contribution is 2.16. The lowest BCUT2D eigenvalue weighted by atomic mass is 10.2. The van der Waals surface area contributed by atoms with Crippen LogP contribution in [0.2, 0.25) is 0 Å². The quantitative estimate of drug-likeness (QED) is 0.513. The fourth-order valence-electron chi connectivity index (χ4n) is 1.23. The van der Waals surface area contributed by atoms with Gasteiger partial charge in [-0.2, -0.15) is 13.2 Å². The van der Waals surface area contributed by atoms with Gasteiger partial charge in [-0.1, -0.05) is 11.8 Å². The topological polar surface area (TPSA) is 38.7 Å². The summed E-state index contributed by atoms with van der Waals surface area (Å²) in [5.74, 6) is 4.22. The Labute approximate surface area is 113 Å². The smallest absolute Gasteiger partial charge is 0.411 e. The molecule has 1 aromatic rings. The molecule has 20 heavy (non-hydrogen) atoms. The van der Waals surface area contributed by atoms with Gasteiger partial charge in [0, 0.05) is 6.07 Å². The average Bonchev–Trinajstić information content (AvgIpc) is 2.36. The Morgan fingerprint density at radius 2 is 1.95 bits per heavy atom. The SMILES string of the molecule is OCC#Cc1ccc(OCCOCC(F)(F)F)cc1F. The lowest BCUT2D eigenvalue weighted by Crippen LogP contribution is -2.19. The maximum absolute atomic E-state index is 13.5. The predicted molar refractivity (Wildman–Crippen MR) is 62.7 cm³/mol. The fourth-order valence-corrected chi connectivity index (χ4v) is 1.23. The first-order chi connectivity index (χ1) is 9.42. The number of rotatable bonds is 5. The van der Waals surface area contributed by atoms with Crippen LogP contribution in [0.25, 0.3) is 0 Å². The van der Waals surface area contributed by atoms with Crippen LogP contribution in [0.15, 0.2) is 18.2 Å². The predicted octanol–water partition coefficient (Wildman–Crippen LogP) is 2.13. The third kappa shape index (κ3) is 6.41. The van der Waals surface area contributed by atoms with Gasteiger partial charge in [-0.15, -0.1) is 0 Å². The van der Waals surface area contributed by atoms with E-state index in [4.69, 9.17) is 9.84 Å². The summed E-state index contributed by atoms with van der Waals surface area (Å²) in [5.41, 5.74) is 0.0970. The highest BCUT2D eigenvalue weighted by molar-refractivity contribution is 5.39. The highest BCUT2D eigenvalue weighted by atomic mass is 19.4. The molecular weight excluding hydrogens is 280 g/mol. The molecule has 0 aliphatic carbocycles. The van der Waals surface area contributed by atoms with Crippen molar-refractivity contribution in [3.05, 3.63) is 29.6 Å². The van der Waals surface area contributed by atoms with Crippen molar-refractivity contribution in [2.45, 2.75) is 6.18 Å². The summed E-state index contributed by atoms with van der Waals surface area (Å²) in [6.07, 6.45) is -4.38. The summed E-state index contributed by atoms with van der Waals surface area (Å²) >= 11 is 0. The second-order valence-electron chi connectivity index (χ2n) is 3.62. The third-order valence-electron chi connectivity index (χ3n) is 2.00. The lowest BCUT2D eigenvalue weighted by Gasteiger charge is -2.09. The van der Waals surface area contributed by atoms with E-state index in [-0.39, 0.29) is 31.1 Å². The second kappa shape index (κ2) is 7.72. The molecule has 0 radical (unpaired) electrons. The van der Waals surface area contributed by atoms with E-state index in [1.54, 1.807) is 0 Å². The first-order valence-electron chi connectivity index (χ1n) is 5.59. The maximum atomic E-state index is 13.5. The van der Waals surface area contributed by atoms with Crippen LogP contribution < -0.4 is 4.74 Å². The van der Waals surface area contributed by atoms with E-state index in [0.29, 0.717) is 0 Å². The van der Waals surface area contributed by atoms with Crippen molar-refractivity contribution in [2.75, 3.05) is 26.4 Å². The Balaban J connectivity index is 2.40. The Bertz CT molecular complexity index is 489. The fraction of sp³-hybridized carbons (Fsp3) is 0.385. The van der Waals surface area contributed by atoms with Crippen molar-refractivity contribution in [3.63, 3.8) is 0 Å².